The van der Waals surface area contributed by atoms with Gasteiger partial charge in [-0.2, -0.15) is 0 Å². The minimum atomic E-state index is 0.767. The second-order valence-electron chi connectivity index (χ2n) is 9.44. The standard InChI is InChI=1S/C27H30N6S/c1-18-16-19(2)29-27(28-18)33-14-12-32(13-15-33)25-24-21-10-6-7-11-22(21)34-26(24)31-23(30-25)17-20-8-4-3-5-9-20/h3-5,8-9,16H,6-7,10-15,17H2,1-2H3. The van der Waals surface area contributed by atoms with E-state index in [4.69, 9.17) is 9.97 Å². The van der Waals surface area contributed by atoms with Gasteiger partial charge in [0.1, 0.15) is 16.5 Å². The van der Waals surface area contributed by atoms with Gasteiger partial charge in [-0.3, -0.25) is 0 Å². The molecule has 4 heterocycles. The maximum Gasteiger partial charge on any atom is 0.225 e. The first-order valence-corrected chi connectivity index (χ1v) is 13.1. The summed E-state index contributed by atoms with van der Waals surface area (Å²) >= 11 is 1.90. The minimum absolute atomic E-state index is 0.767. The third-order valence-corrected chi connectivity index (χ3v) is 8.07. The number of hydrogen-bond acceptors (Lipinski definition) is 7. The first-order chi connectivity index (χ1) is 16.6. The Hall–Kier alpha value is -3.06. The Bertz CT molecular complexity index is 1300. The number of aromatic nitrogens is 4. The van der Waals surface area contributed by atoms with Crippen LogP contribution in [0.15, 0.2) is 36.4 Å². The molecule has 34 heavy (non-hydrogen) atoms. The summed E-state index contributed by atoms with van der Waals surface area (Å²) in [7, 11) is 0. The highest BCUT2D eigenvalue weighted by atomic mass is 32.1. The highest BCUT2D eigenvalue weighted by Gasteiger charge is 2.27. The van der Waals surface area contributed by atoms with E-state index in [0.29, 0.717) is 0 Å². The maximum atomic E-state index is 5.20. The molecule has 174 valence electrons. The van der Waals surface area contributed by atoms with Crippen LogP contribution >= 0.6 is 11.3 Å². The van der Waals surface area contributed by atoms with Crippen molar-refractivity contribution in [3.63, 3.8) is 0 Å². The summed E-state index contributed by atoms with van der Waals surface area (Å²) in [5.74, 6) is 2.91. The summed E-state index contributed by atoms with van der Waals surface area (Å²) in [6.07, 6.45) is 5.65. The monoisotopic (exact) mass is 470 g/mol. The van der Waals surface area contributed by atoms with Crippen molar-refractivity contribution in [1.29, 1.82) is 0 Å². The second kappa shape index (κ2) is 8.95. The number of anilines is 2. The molecule has 0 bridgehead atoms. The molecule has 3 aromatic heterocycles. The molecule has 6 rings (SSSR count). The molecule has 0 unspecified atom stereocenters. The number of piperazine rings is 1. The molecule has 1 aliphatic heterocycles. The number of aryl methyl sites for hydroxylation is 4. The summed E-state index contributed by atoms with van der Waals surface area (Å²) < 4.78 is 0. The predicted molar refractivity (Wildman–Crippen MR) is 139 cm³/mol. The van der Waals surface area contributed by atoms with E-state index in [1.54, 1.807) is 0 Å². The Balaban J connectivity index is 1.34. The van der Waals surface area contributed by atoms with Crippen LogP contribution in [0, 0.1) is 13.8 Å². The van der Waals surface area contributed by atoms with Crippen LogP contribution in [0.2, 0.25) is 0 Å². The van der Waals surface area contributed by atoms with Crippen LogP contribution in [-0.2, 0) is 19.3 Å². The quantitative estimate of drug-likeness (QED) is 0.423. The number of benzene rings is 1. The third-order valence-electron chi connectivity index (χ3n) is 6.88. The third kappa shape index (κ3) is 4.13. The van der Waals surface area contributed by atoms with E-state index in [9.17, 15) is 0 Å². The number of nitrogens with zero attached hydrogens (tertiary/aromatic N) is 6. The van der Waals surface area contributed by atoms with Crippen molar-refractivity contribution in [2.45, 2.75) is 46.0 Å². The Morgan fingerprint density at radius 2 is 1.53 bits per heavy atom. The van der Waals surface area contributed by atoms with Gasteiger partial charge in [-0.05, 0) is 56.7 Å². The molecule has 0 amide bonds. The van der Waals surface area contributed by atoms with E-state index in [1.165, 1.54) is 45.5 Å². The van der Waals surface area contributed by atoms with E-state index < -0.39 is 0 Å². The molecular formula is C27H30N6S. The molecule has 0 atom stereocenters. The molecule has 7 heteroatoms. The average Bonchev–Trinajstić information content (AvgIpc) is 3.22. The zero-order valence-corrected chi connectivity index (χ0v) is 20.7. The second-order valence-corrected chi connectivity index (χ2v) is 10.5. The first kappa shape index (κ1) is 21.5. The van der Waals surface area contributed by atoms with E-state index in [2.05, 4.69) is 50.1 Å². The Morgan fingerprint density at radius 3 is 2.29 bits per heavy atom. The van der Waals surface area contributed by atoms with Crippen molar-refractivity contribution in [3.8, 4) is 0 Å². The molecule has 4 aromatic rings. The van der Waals surface area contributed by atoms with Crippen molar-refractivity contribution in [1.82, 2.24) is 19.9 Å². The van der Waals surface area contributed by atoms with Gasteiger partial charge in [-0.25, -0.2) is 19.9 Å². The van der Waals surface area contributed by atoms with E-state index >= 15 is 0 Å². The van der Waals surface area contributed by atoms with Crippen LogP contribution in [0.25, 0.3) is 10.2 Å². The van der Waals surface area contributed by atoms with Gasteiger partial charge in [0, 0.05) is 48.9 Å². The summed E-state index contributed by atoms with van der Waals surface area (Å²) in [4.78, 5) is 27.1. The molecule has 0 saturated carbocycles. The summed E-state index contributed by atoms with van der Waals surface area (Å²) in [5.41, 5.74) is 4.81. The van der Waals surface area contributed by atoms with Crippen molar-refractivity contribution in [2.75, 3.05) is 36.0 Å². The van der Waals surface area contributed by atoms with Gasteiger partial charge < -0.3 is 9.80 Å². The Kier molecular flexibility index (Phi) is 5.65. The van der Waals surface area contributed by atoms with Crippen LogP contribution in [0.1, 0.15) is 46.1 Å². The predicted octanol–water partition coefficient (Wildman–Crippen LogP) is 4.89. The Morgan fingerprint density at radius 1 is 0.824 bits per heavy atom. The van der Waals surface area contributed by atoms with Gasteiger partial charge in [-0.15, -0.1) is 11.3 Å². The van der Waals surface area contributed by atoms with Crippen molar-refractivity contribution >= 4 is 33.3 Å². The van der Waals surface area contributed by atoms with Gasteiger partial charge >= 0.3 is 0 Å². The topological polar surface area (TPSA) is 58.0 Å². The van der Waals surface area contributed by atoms with Gasteiger partial charge in [0.05, 0.1) is 5.39 Å². The molecule has 1 fully saturated rings. The zero-order chi connectivity index (χ0) is 23.1. The molecule has 6 nitrogen and oxygen atoms in total. The smallest absolute Gasteiger partial charge is 0.225 e. The number of fused-ring (bicyclic) bond motifs is 3. The maximum absolute atomic E-state index is 5.20. The number of thiophene rings is 1. The molecule has 2 aliphatic rings. The lowest BCUT2D eigenvalue weighted by Crippen LogP contribution is -2.47. The van der Waals surface area contributed by atoms with Crippen molar-refractivity contribution < 1.29 is 0 Å². The van der Waals surface area contributed by atoms with E-state index in [1.807, 2.05) is 31.3 Å². The fourth-order valence-electron chi connectivity index (χ4n) is 5.23. The fourth-order valence-corrected chi connectivity index (χ4v) is 6.51. The zero-order valence-electron chi connectivity index (χ0n) is 19.9. The number of hydrogen-bond donors (Lipinski definition) is 0. The molecular weight excluding hydrogens is 440 g/mol. The van der Waals surface area contributed by atoms with Crippen LogP contribution in [0.5, 0.6) is 0 Å². The molecule has 0 N–H and O–H groups in total. The Labute approximate surface area is 204 Å². The highest BCUT2D eigenvalue weighted by Crippen LogP contribution is 2.40. The summed E-state index contributed by atoms with van der Waals surface area (Å²) in [5, 5.41) is 1.31. The van der Waals surface area contributed by atoms with Crippen molar-refractivity contribution in [2.24, 2.45) is 0 Å². The lowest BCUT2D eigenvalue weighted by atomic mass is 9.96. The number of rotatable bonds is 4. The minimum Gasteiger partial charge on any atom is -0.352 e. The molecule has 1 saturated heterocycles. The van der Waals surface area contributed by atoms with Gasteiger partial charge in [0.15, 0.2) is 0 Å². The molecule has 1 aromatic carbocycles. The van der Waals surface area contributed by atoms with Gasteiger partial charge in [0.25, 0.3) is 0 Å². The van der Waals surface area contributed by atoms with E-state index in [-0.39, 0.29) is 0 Å². The lowest BCUT2D eigenvalue weighted by Gasteiger charge is -2.36. The fraction of sp³-hybridized carbons (Fsp3) is 0.407. The first-order valence-electron chi connectivity index (χ1n) is 12.3. The average molecular weight is 471 g/mol. The van der Waals surface area contributed by atoms with Crippen molar-refractivity contribution in [3.05, 3.63) is 69.6 Å². The van der Waals surface area contributed by atoms with Gasteiger partial charge in [-0.1, -0.05) is 30.3 Å². The van der Waals surface area contributed by atoms with Crippen LogP contribution in [-0.4, -0.2) is 46.1 Å². The SMILES string of the molecule is Cc1cc(C)nc(N2CCN(c3nc(Cc4ccccc4)nc4sc5c(c34)CCCC5)CC2)n1. The summed E-state index contributed by atoms with van der Waals surface area (Å²) in [6.45, 7) is 7.71. The molecule has 0 spiro atoms. The van der Waals surface area contributed by atoms with Crippen LogP contribution in [0.3, 0.4) is 0 Å². The van der Waals surface area contributed by atoms with Gasteiger partial charge in [0.2, 0.25) is 5.95 Å². The lowest BCUT2D eigenvalue weighted by molar-refractivity contribution is 0.632. The summed E-state index contributed by atoms with van der Waals surface area (Å²) in [6, 6.07) is 12.6. The largest absolute Gasteiger partial charge is 0.352 e. The molecule has 0 radical (unpaired) electrons. The van der Waals surface area contributed by atoms with Crippen LogP contribution in [0.4, 0.5) is 11.8 Å². The normalized spacial score (nSPS) is 16.2. The highest BCUT2D eigenvalue weighted by molar-refractivity contribution is 7.19. The molecule has 1 aliphatic carbocycles. The van der Waals surface area contributed by atoms with Crippen LogP contribution < -0.4 is 9.80 Å². The van der Waals surface area contributed by atoms with E-state index in [0.717, 1.165) is 68.0 Å².